The van der Waals surface area contributed by atoms with Crippen LogP contribution in [0.2, 0.25) is 0 Å². The van der Waals surface area contributed by atoms with E-state index < -0.39 is 0 Å². The Morgan fingerprint density at radius 1 is 0.167 bits per heavy atom. The number of para-hydroxylation sites is 4. The molecule has 0 unspecified atom stereocenters. The molecule has 0 saturated carbocycles. The highest BCUT2D eigenvalue weighted by atomic mass is 15.0. The molecule has 2 heteroatoms. The van der Waals surface area contributed by atoms with Gasteiger partial charge in [-0.3, -0.25) is 0 Å². The predicted octanol–water partition coefficient (Wildman–Crippen LogP) is 20.8. The van der Waals surface area contributed by atoms with E-state index in [4.69, 9.17) is 0 Å². The zero-order chi connectivity index (χ0) is 51.3. The second kappa shape index (κ2) is 17.7. The van der Waals surface area contributed by atoms with E-state index in [0.29, 0.717) is 0 Å². The zero-order valence-corrected chi connectivity index (χ0v) is 42.6. The van der Waals surface area contributed by atoms with Crippen molar-refractivity contribution in [3.63, 3.8) is 0 Å². The second-order valence-electron chi connectivity index (χ2n) is 20.7. The van der Waals surface area contributed by atoms with Crippen LogP contribution in [-0.2, 0) is 0 Å². The number of aromatic nitrogens is 2. The van der Waals surface area contributed by atoms with Crippen LogP contribution in [0, 0.1) is 0 Å². The molecule has 0 N–H and O–H groups in total. The minimum absolute atomic E-state index is 1.15. The number of benzene rings is 14. The molecule has 0 saturated heterocycles. The average Bonchev–Trinajstić information content (AvgIpc) is 4.14. The van der Waals surface area contributed by atoms with Crippen LogP contribution in [0.25, 0.3) is 154 Å². The van der Waals surface area contributed by atoms with E-state index in [1.165, 1.54) is 142 Å². The van der Waals surface area contributed by atoms with E-state index in [9.17, 15) is 0 Å². The Morgan fingerprint density at radius 3 is 0.833 bits per heavy atom. The van der Waals surface area contributed by atoms with Gasteiger partial charge in [0, 0.05) is 32.9 Å². The summed E-state index contributed by atoms with van der Waals surface area (Å²) in [5.74, 6) is 0. The van der Waals surface area contributed by atoms with E-state index >= 15 is 0 Å². The quantitative estimate of drug-likeness (QED) is 0.141. The summed E-state index contributed by atoms with van der Waals surface area (Å²) in [6.45, 7) is 0. The summed E-state index contributed by atoms with van der Waals surface area (Å²) in [6, 6.07) is 108. The van der Waals surface area contributed by atoms with Crippen LogP contribution in [-0.4, -0.2) is 9.13 Å². The topological polar surface area (TPSA) is 9.86 Å². The highest BCUT2D eigenvalue weighted by molar-refractivity contribution is 6.28. The minimum atomic E-state index is 1.15. The summed E-state index contributed by atoms with van der Waals surface area (Å²) >= 11 is 0. The first-order chi connectivity index (χ1) is 38.7. The van der Waals surface area contributed by atoms with Crippen molar-refractivity contribution in [1.29, 1.82) is 0 Å². The largest absolute Gasteiger partial charge is 0.309 e. The molecule has 0 atom stereocenters. The fraction of sp³-hybridized carbons (Fsp3) is 0. The van der Waals surface area contributed by atoms with Crippen LogP contribution >= 0.6 is 0 Å². The van der Waals surface area contributed by atoms with E-state index in [1.807, 2.05) is 0 Å². The van der Waals surface area contributed by atoms with Gasteiger partial charge in [-0.05, 0) is 159 Å². The molecule has 0 bridgehead atoms. The van der Waals surface area contributed by atoms with Crippen molar-refractivity contribution in [2.45, 2.75) is 0 Å². The molecule has 2 heterocycles. The van der Waals surface area contributed by atoms with Crippen LogP contribution in [0.15, 0.2) is 291 Å². The normalized spacial score (nSPS) is 11.8. The van der Waals surface area contributed by atoms with E-state index in [-0.39, 0.29) is 0 Å². The highest BCUT2D eigenvalue weighted by Crippen LogP contribution is 2.50. The average molecular weight is 989 g/mol. The van der Waals surface area contributed by atoms with Gasteiger partial charge in [0.05, 0.1) is 22.1 Å². The lowest BCUT2D eigenvalue weighted by Crippen LogP contribution is -1.95. The van der Waals surface area contributed by atoms with Crippen LogP contribution in [0.5, 0.6) is 0 Å². The molecular weight excluding hydrogens is 941 g/mol. The first-order valence-electron chi connectivity index (χ1n) is 27.0. The first-order valence-corrected chi connectivity index (χ1v) is 27.0. The Morgan fingerprint density at radius 2 is 0.462 bits per heavy atom. The fourth-order valence-corrected chi connectivity index (χ4v) is 13.1. The summed E-state index contributed by atoms with van der Waals surface area (Å²) in [5.41, 5.74) is 19.1. The second-order valence-corrected chi connectivity index (χ2v) is 20.7. The molecular formula is C76H48N2. The Labute approximate surface area is 451 Å². The molecule has 0 fully saturated rings. The third-order valence-corrected chi connectivity index (χ3v) is 16.5. The molecule has 0 aliphatic heterocycles. The van der Waals surface area contributed by atoms with Gasteiger partial charge in [0.15, 0.2) is 0 Å². The Hall–Kier alpha value is -10.3. The SMILES string of the molecule is c1ccc(-c2cccc3c(-c4c5cccc(-c6ccc7c8ccccc8n(-c8ccccc8)c7c6)c5cc5c(-c6ccc7c8ccccc8n(-c8ccccc8)c7c6)cccc45)c4cccc(-c5ccccc5)c4cc23)cc1. The number of rotatable bonds is 7. The monoisotopic (exact) mass is 988 g/mol. The van der Waals surface area contributed by atoms with Gasteiger partial charge >= 0.3 is 0 Å². The molecule has 362 valence electrons. The predicted molar refractivity (Wildman–Crippen MR) is 332 cm³/mol. The van der Waals surface area contributed by atoms with Crippen molar-refractivity contribution >= 4 is 86.7 Å². The third-order valence-electron chi connectivity index (χ3n) is 16.5. The van der Waals surface area contributed by atoms with Gasteiger partial charge in [-0.25, -0.2) is 0 Å². The van der Waals surface area contributed by atoms with Gasteiger partial charge in [-0.15, -0.1) is 0 Å². The van der Waals surface area contributed by atoms with Crippen LogP contribution in [0.1, 0.15) is 0 Å². The van der Waals surface area contributed by atoms with Crippen molar-refractivity contribution in [1.82, 2.24) is 9.13 Å². The third kappa shape index (κ3) is 6.77. The van der Waals surface area contributed by atoms with Gasteiger partial charge in [0.2, 0.25) is 0 Å². The Balaban J connectivity index is 1.05. The van der Waals surface area contributed by atoms with Gasteiger partial charge in [-0.2, -0.15) is 0 Å². The molecule has 0 spiro atoms. The fourth-order valence-electron chi connectivity index (χ4n) is 13.1. The molecule has 0 aliphatic carbocycles. The molecule has 2 aromatic heterocycles. The molecule has 78 heavy (non-hydrogen) atoms. The lowest BCUT2D eigenvalue weighted by molar-refractivity contribution is 1.18. The van der Waals surface area contributed by atoms with Crippen molar-refractivity contribution in [3.8, 4) is 67.0 Å². The van der Waals surface area contributed by atoms with Crippen molar-refractivity contribution in [2.75, 3.05) is 0 Å². The maximum absolute atomic E-state index is 2.50. The van der Waals surface area contributed by atoms with E-state index in [2.05, 4.69) is 300 Å². The Bertz CT molecular complexity index is 4740. The molecule has 16 rings (SSSR count). The van der Waals surface area contributed by atoms with E-state index in [0.717, 1.165) is 11.4 Å². The lowest BCUT2D eigenvalue weighted by atomic mass is 9.81. The van der Waals surface area contributed by atoms with Crippen molar-refractivity contribution in [3.05, 3.63) is 291 Å². The van der Waals surface area contributed by atoms with Gasteiger partial charge in [0.25, 0.3) is 0 Å². The lowest BCUT2D eigenvalue weighted by Gasteiger charge is -2.22. The molecule has 0 radical (unpaired) electrons. The summed E-state index contributed by atoms with van der Waals surface area (Å²) in [6.07, 6.45) is 0. The van der Waals surface area contributed by atoms with Crippen molar-refractivity contribution in [2.24, 2.45) is 0 Å². The molecule has 0 aliphatic rings. The summed E-state index contributed by atoms with van der Waals surface area (Å²) in [4.78, 5) is 0. The molecule has 2 nitrogen and oxygen atoms in total. The number of hydrogen-bond donors (Lipinski definition) is 0. The van der Waals surface area contributed by atoms with Crippen LogP contribution in [0.4, 0.5) is 0 Å². The van der Waals surface area contributed by atoms with E-state index in [1.54, 1.807) is 0 Å². The number of nitrogens with zero attached hydrogens (tertiary/aromatic N) is 2. The van der Waals surface area contributed by atoms with Gasteiger partial charge in [-0.1, -0.05) is 231 Å². The van der Waals surface area contributed by atoms with Crippen molar-refractivity contribution < 1.29 is 0 Å². The first kappa shape index (κ1) is 44.1. The summed E-state index contributed by atoms with van der Waals surface area (Å²) < 4.78 is 4.86. The smallest absolute Gasteiger partial charge is 0.0547 e. The summed E-state index contributed by atoms with van der Waals surface area (Å²) in [7, 11) is 0. The number of hydrogen-bond acceptors (Lipinski definition) is 0. The maximum Gasteiger partial charge on any atom is 0.0547 e. The maximum atomic E-state index is 2.50. The molecule has 16 aromatic rings. The minimum Gasteiger partial charge on any atom is -0.309 e. The standard InChI is InChI=1S/C76H48N2/c1-5-21-49(22-6-1)55-31-17-35-63-67(55)47-68-56(50-23-7-2-8-24-50)32-18-36-64(68)75(63)76-65-37-19-33-57(51-41-43-61-59-29-13-15-39-71(59)77(73(61)45-51)53-25-9-3-10-26-53)69(65)48-70-58(34-20-38-66(70)76)52-42-44-62-60-30-14-16-40-72(60)78(74(62)46-52)54-27-11-4-12-28-54/h1-48H. The van der Waals surface area contributed by atoms with Gasteiger partial charge in [0.1, 0.15) is 0 Å². The summed E-state index contributed by atoms with van der Waals surface area (Å²) in [5, 5.41) is 14.7. The molecule has 0 amide bonds. The number of fused-ring (bicyclic) bond motifs is 10. The Kier molecular flexibility index (Phi) is 9.98. The van der Waals surface area contributed by atoms with Crippen LogP contribution in [0.3, 0.4) is 0 Å². The van der Waals surface area contributed by atoms with Gasteiger partial charge < -0.3 is 9.13 Å². The van der Waals surface area contributed by atoms with Crippen LogP contribution < -0.4 is 0 Å². The highest BCUT2D eigenvalue weighted by Gasteiger charge is 2.23. The molecule has 14 aromatic carbocycles. The zero-order valence-electron chi connectivity index (χ0n) is 42.6.